The van der Waals surface area contributed by atoms with Crippen LogP contribution in [0.2, 0.25) is 13.1 Å². The fraction of sp³-hybridized carbons (Fsp3) is 0.0294. The predicted molar refractivity (Wildman–Crippen MR) is 307 cm³/mol. The Balaban J connectivity index is 1.05. The minimum Gasteiger partial charge on any atom is -0.0854 e. The highest BCUT2D eigenvalue weighted by molar-refractivity contribution is 7.18. The second-order valence-corrected chi connectivity index (χ2v) is 26.1. The Kier molecular flexibility index (Phi) is 12.3. The second-order valence-electron chi connectivity index (χ2n) is 18.7. The predicted octanol–water partition coefficient (Wildman–Crippen LogP) is 17.6. The number of hydrogen-bond donors (Lipinski definition) is 0. The van der Waals surface area contributed by atoms with Gasteiger partial charge >= 0.3 is 0 Å². The van der Waals surface area contributed by atoms with Gasteiger partial charge in [-0.1, -0.05) is 304 Å². The summed E-state index contributed by atoms with van der Waals surface area (Å²) in [7, 11) is -5.29. The molecule has 11 rings (SSSR count). The first-order valence-electron chi connectivity index (χ1n) is 24.4. The molecule has 0 unspecified atom stereocenters. The van der Waals surface area contributed by atoms with Crippen molar-refractivity contribution in [2.45, 2.75) is 13.1 Å². The van der Waals surface area contributed by atoms with Gasteiger partial charge in [0.15, 0.2) is 0 Å². The van der Waals surface area contributed by atoms with Crippen LogP contribution in [-0.2, 0) is 0 Å². The number of allylic oxidation sites excluding steroid dienone is 4. The lowest BCUT2D eigenvalue weighted by molar-refractivity contribution is 1.58. The van der Waals surface area contributed by atoms with Crippen LogP contribution < -0.4 is 0 Å². The third-order valence-corrected chi connectivity index (χ3v) is 22.2. The first kappa shape index (κ1) is 44.4. The fourth-order valence-electron chi connectivity index (χ4n) is 11.1. The monoisotopic (exact) mass is 926 g/mol. The average molecular weight is 927 g/mol. The third-order valence-electron chi connectivity index (χ3n) is 14.2. The van der Waals surface area contributed by atoms with Gasteiger partial charge < -0.3 is 0 Å². The van der Waals surface area contributed by atoms with Crippen molar-refractivity contribution in [3.05, 3.63) is 334 Å². The zero-order valence-corrected chi connectivity index (χ0v) is 41.7. The Morgan fingerprint density at radius 3 is 0.571 bits per heavy atom. The molecule has 0 aliphatic carbocycles. The molecular formula is C68H54Si2. The van der Waals surface area contributed by atoms with E-state index in [0.717, 1.165) is 0 Å². The van der Waals surface area contributed by atoms with Crippen LogP contribution in [0.3, 0.4) is 0 Å². The van der Waals surface area contributed by atoms with E-state index in [4.69, 9.17) is 0 Å². The SMILES string of the molecule is C[Si]1(/C=C\c2ccc(/C=C/[Si]3(C)C(c4ccccc4)=C(c4ccccc4)C(c4ccccc4)=C3c3ccccc3)cc2)C(c2ccccc2)=C(c2ccccc2)C(c2ccccc2)=C1c1ccccc1. The highest BCUT2D eigenvalue weighted by atomic mass is 28.3. The van der Waals surface area contributed by atoms with Gasteiger partial charge in [-0.15, -0.1) is 0 Å². The molecule has 70 heavy (non-hydrogen) atoms. The number of hydrogen-bond acceptors (Lipinski definition) is 0. The summed E-state index contributed by atoms with van der Waals surface area (Å²) >= 11 is 0. The molecule has 0 atom stereocenters. The lowest BCUT2D eigenvalue weighted by Crippen LogP contribution is -2.31. The van der Waals surface area contributed by atoms with Crippen molar-refractivity contribution in [2.24, 2.45) is 0 Å². The van der Waals surface area contributed by atoms with E-state index in [1.54, 1.807) is 0 Å². The van der Waals surface area contributed by atoms with E-state index in [0.29, 0.717) is 0 Å². The lowest BCUT2D eigenvalue weighted by atomic mass is 9.89. The Morgan fingerprint density at radius 2 is 0.386 bits per heavy atom. The van der Waals surface area contributed by atoms with Crippen molar-refractivity contribution in [3.63, 3.8) is 0 Å². The Morgan fingerprint density at radius 1 is 0.214 bits per heavy atom. The molecule has 9 aromatic carbocycles. The molecule has 9 aromatic rings. The Labute approximate surface area is 416 Å². The van der Waals surface area contributed by atoms with Gasteiger partial charge in [0.2, 0.25) is 0 Å². The van der Waals surface area contributed by atoms with Crippen LogP contribution in [0.5, 0.6) is 0 Å². The quantitative estimate of drug-likeness (QED) is 0.107. The zero-order chi connectivity index (χ0) is 47.3. The molecule has 2 heterocycles. The molecule has 0 bridgehead atoms. The summed E-state index contributed by atoms with van der Waals surface area (Å²) in [5, 5.41) is 5.77. The van der Waals surface area contributed by atoms with Crippen LogP contribution in [0.4, 0.5) is 0 Å². The van der Waals surface area contributed by atoms with Crippen LogP contribution >= 0.6 is 0 Å². The molecule has 0 amide bonds. The van der Waals surface area contributed by atoms with Crippen LogP contribution in [0.1, 0.15) is 55.6 Å². The summed E-state index contributed by atoms with van der Waals surface area (Å²) in [5.41, 5.74) is 23.0. The zero-order valence-electron chi connectivity index (χ0n) is 39.7. The van der Waals surface area contributed by atoms with Gasteiger partial charge in [-0.25, -0.2) is 0 Å². The summed E-state index contributed by atoms with van der Waals surface area (Å²) in [6, 6.07) is 98.0. The molecule has 0 radical (unpaired) electrons. The average Bonchev–Trinajstić information content (AvgIpc) is 3.87. The van der Waals surface area contributed by atoms with E-state index < -0.39 is 16.1 Å². The molecule has 334 valence electrons. The van der Waals surface area contributed by atoms with E-state index in [1.807, 2.05) is 0 Å². The number of rotatable bonds is 12. The molecule has 0 fully saturated rings. The van der Waals surface area contributed by atoms with Crippen molar-refractivity contribution in [1.29, 1.82) is 0 Å². The molecule has 0 saturated carbocycles. The van der Waals surface area contributed by atoms with Gasteiger partial charge in [-0.05, 0) is 98.7 Å². The van der Waals surface area contributed by atoms with E-state index in [1.165, 1.54) is 98.7 Å². The highest BCUT2D eigenvalue weighted by Crippen LogP contribution is 2.58. The van der Waals surface area contributed by atoms with E-state index in [9.17, 15) is 0 Å². The van der Waals surface area contributed by atoms with Crippen LogP contribution in [-0.4, -0.2) is 16.1 Å². The highest BCUT2D eigenvalue weighted by Gasteiger charge is 2.47. The third kappa shape index (κ3) is 8.32. The maximum absolute atomic E-state index is 2.65. The summed E-state index contributed by atoms with van der Waals surface area (Å²) < 4.78 is 0. The standard InChI is InChI=1S/C68H54Si2/c1-69(65(57-35-19-7-20-36-57)61(53-27-11-3-12-28-53)62(54-29-13-4-14-30-54)66(69)58-37-21-8-22-38-58)49-47-51-43-45-52(46-44-51)48-50-70(2)67(59-39-23-9-24-40-59)63(55-31-15-5-16-32-55)64(56-33-17-6-18-34-56)68(70)60-41-25-10-26-42-60/h3-50H,1-2H3/b49-47-,50-48+. The van der Waals surface area contributed by atoms with Gasteiger partial charge in [-0.2, -0.15) is 0 Å². The van der Waals surface area contributed by atoms with Crippen molar-refractivity contribution in [2.75, 3.05) is 0 Å². The van der Waals surface area contributed by atoms with Crippen LogP contribution in [0.15, 0.2) is 278 Å². The van der Waals surface area contributed by atoms with Gasteiger partial charge in [0.05, 0.1) is 0 Å². The van der Waals surface area contributed by atoms with Gasteiger partial charge in [-0.3, -0.25) is 0 Å². The summed E-state index contributed by atoms with van der Waals surface area (Å²) in [6.45, 7) is 5.11. The molecular weight excluding hydrogens is 873 g/mol. The van der Waals surface area contributed by atoms with Gasteiger partial charge in [0, 0.05) is 0 Å². The summed E-state index contributed by atoms with van der Waals surface area (Å²) in [6.07, 6.45) is 4.81. The summed E-state index contributed by atoms with van der Waals surface area (Å²) in [5.74, 6) is 0. The van der Waals surface area contributed by atoms with Crippen molar-refractivity contribution in [1.82, 2.24) is 0 Å². The fourth-order valence-corrected chi connectivity index (χ4v) is 19.6. The maximum Gasteiger partial charge on any atom is 0.141 e. The summed E-state index contributed by atoms with van der Waals surface area (Å²) in [4.78, 5) is 0. The van der Waals surface area contributed by atoms with Gasteiger partial charge in [0.25, 0.3) is 0 Å². The smallest absolute Gasteiger partial charge is 0.0854 e. The number of benzene rings is 9. The minimum atomic E-state index is -2.65. The van der Waals surface area contributed by atoms with Crippen LogP contribution in [0, 0.1) is 0 Å². The topological polar surface area (TPSA) is 0 Å². The lowest BCUT2D eigenvalue weighted by Gasteiger charge is -2.28. The molecule has 0 nitrogen and oxygen atoms in total. The van der Waals surface area contributed by atoms with Crippen molar-refractivity contribution >= 4 is 71.4 Å². The minimum absolute atomic E-state index is 1.19. The normalized spacial score (nSPS) is 15.5. The van der Waals surface area contributed by atoms with Crippen molar-refractivity contribution in [3.8, 4) is 0 Å². The molecule has 2 aliphatic rings. The largest absolute Gasteiger partial charge is 0.141 e. The second kappa shape index (κ2) is 19.5. The molecule has 2 aliphatic heterocycles. The maximum atomic E-state index is 2.60. The van der Waals surface area contributed by atoms with E-state index >= 15 is 0 Å². The molecule has 0 saturated heterocycles. The molecule has 0 spiro atoms. The Bertz CT molecular complexity index is 3030. The van der Waals surface area contributed by atoms with Crippen LogP contribution in [0.25, 0.3) is 55.2 Å². The van der Waals surface area contributed by atoms with E-state index in [-0.39, 0.29) is 0 Å². The van der Waals surface area contributed by atoms with Crippen molar-refractivity contribution < 1.29 is 0 Å². The van der Waals surface area contributed by atoms with Gasteiger partial charge in [0.1, 0.15) is 16.1 Å². The first-order valence-corrected chi connectivity index (χ1v) is 29.6. The first-order chi connectivity index (χ1) is 34.5. The Hall–Kier alpha value is -8.15. The molecule has 2 heteroatoms. The molecule has 0 aromatic heterocycles. The van der Waals surface area contributed by atoms with E-state index in [2.05, 4.69) is 304 Å². The molecule has 0 N–H and O–H groups in total.